The van der Waals surface area contributed by atoms with Gasteiger partial charge in [-0.2, -0.15) is 0 Å². The van der Waals surface area contributed by atoms with Gasteiger partial charge in [-0.05, 0) is 30.7 Å². The molecule has 126 valence electrons. The maximum atomic E-state index is 12.1. The number of carbonyl (C=O) groups is 1. The summed E-state index contributed by atoms with van der Waals surface area (Å²) in [6.07, 6.45) is 0.804. The zero-order valence-electron chi connectivity index (χ0n) is 13.4. The summed E-state index contributed by atoms with van der Waals surface area (Å²) in [7, 11) is 0. The number of anilines is 1. The zero-order valence-corrected chi connectivity index (χ0v) is 13.4. The summed E-state index contributed by atoms with van der Waals surface area (Å²) in [4.78, 5) is 31.3. The number of aromatic nitrogens is 3. The molecule has 7 heteroatoms. The second-order valence-electron chi connectivity index (χ2n) is 5.74. The van der Waals surface area contributed by atoms with E-state index in [4.69, 9.17) is 4.42 Å². The highest BCUT2D eigenvalue weighted by atomic mass is 16.4. The number of amides is 1. The molecule has 0 bridgehead atoms. The van der Waals surface area contributed by atoms with Crippen LogP contribution in [0.4, 0.5) is 5.95 Å². The number of rotatable bonds is 5. The molecule has 7 nitrogen and oxygen atoms in total. The van der Waals surface area contributed by atoms with Gasteiger partial charge < -0.3 is 9.40 Å². The first-order valence-corrected chi connectivity index (χ1v) is 8.04. The molecule has 1 amide bonds. The third-order valence-corrected chi connectivity index (χ3v) is 4.01. The van der Waals surface area contributed by atoms with Crippen molar-refractivity contribution in [3.63, 3.8) is 0 Å². The number of H-pyrrole nitrogens is 1. The van der Waals surface area contributed by atoms with Crippen molar-refractivity contribution in [3.8, 4) is 0 Å². The number of fused-ring (bicyclic) bond motifs is 2. The maximum absolute atomic E-state index is 12.1. The monoisotopic (exact) mass is 336 g/mol. The summed E-state index contributed by atoms with van der Waals surface area (Å²) in [5, 5.41) is 2.75. The zero-order chi connectivity index (χ0) is 17.2. The van der Waals surface area contributed by atoms with Gasteiger partial charge in [0.05, 0.1) is 16.6 Å². The Morgan fingerprint density at radius 1 is 1.16 bits per heavy atom. The van der Waals surface area contributed by atoms with Crippen LogP contribution < -0.4 is 11.1 Å². The predicted molar refractivity (Wildman–Crippen MR) is 94.4 cm³/mol. The number of imidazole rings is 1. The van der Waals surface area contributed by atoms with Gasteiger partial charge in [0, 0.05) is 13.0 Å². The van der Waals surface area contributed by atoms with E-state index in [-0.39, 0.29) is 12.3 Å². The van der Waals surface area contributed by atoms with E-state index in [1.807, 2.05) is 42.5 Å². The van der Waals surface area contributed by atoms with Crippen LogP contribution in [0.25, 0.3) is 22.1 Å². The van der Waals surface area contributed by atoms with E-state index in [2.05, 4.69) is 15.3 Å². The van der Waals surface area contributed by atoms with Crippen LogP contribution >= 0.6 is 0 Å². The minimum atomic E-state index is -0.404. The Kier molecular flexibility index (Phi) is 3.81. The Bertz CT molecular complexity index is 1070. The third-order valence-electron chi connectivity index (χ3n) is 4.01. The fourth-order valence-electron chi connectivity index (χ4n) is 2.83. The second kappa shape index (κ2) is 6.27. The predicted octanol–water partition coefficient (Wildman–Crippen LogP) is 2.89. The van der Waals surface area contributed by atoms with Gasteiger partial charge in [-0.1, -0.05) is 24.3 Å². The number of aromatic amines is 1. The Morgan fingerprint density at radius 3 is 2.84 bits per heavy atom. The Morgan fingerprint density at radius 2 is 1.96 bits per heavy atom. The lowest BCUT2D eigenvalue weighted by atomic mass is 10.3. The molecule has 0 aliphatic heterocycles. The quantitative estimate of drug-likeness (QED) is 0.586. The van der Waals surface area contributed by atoms with Gasteiger partial charge in [0.25, 0.3) is 0 Å². The van der Waals surface area contributed by atoms with E-state index in [0.29, 0.717) is 24.5 Å². The number of nitrogens with zero attached hydrogens (tertiary/aromatic N) is 2. The summed E-state index contributed by atoms with van der Waals surface area (Å²) < 4.78 is 6.72. The average Bonchev–Trinajstić information content (AvgIpc) is 3.15. The fourth-order valence-corrected chi connectivity index (χ4v) is 2.83. The molecule has 25 heavy (non-hydrogen) atoms. The summed E-state index contributed by atoms with van der Waals surface area (Å²) in [5.74, 6) is -0.129. The molecule has 4 rings (SSSR count). The standard InChI is InChI=1S/C18H16N4O3/c23-16(21-17-19-12-6-1-2-7-13(12)20-17)10-5-11-22-14-8-3-4-9-15(14)25-18(22)24/h1-4,6-9H,5,10-11H2,(H2,19,20,21,23). The average molecular weight is 336 g/mol. The molecule has 2 N–H and O–H groups in total. The van der Waals surface area contributed by atoms with Crippen LogP contribution in [-0.4, -0.2) is 20.4 Å². The summed E-state index contributed by atoms with van der Waals surface area (Å²) in [5.41, 5.74) is 2.97. The van der Waals surface area contributed by atoms with Gasteiger partial charge in [-0.15, -0.1) is 0 Å². The van der Waals surface area contributed by atoms with Crippen molar-refractivity contribution in [2.45, 2.75) is 19.4 Å². The second-order valence-corrected chi connectivity index (χ2v) is 5.74. The van der Waals surface area contributed by atoms with Gasteiger partial charge in [-0.25, -0.2) is 9.78 Å². The highest BCUT2D eigenvalue weighted by Crippen LogP contribution is 2.14. The van der Waals surface area contributed by atoms with Crippen molar-refractivity contribution >= 4 is 34.0 Å². The lowest BCUT2D eigenvalue weighted by Gasteiger charge is -2.03. The topological polar surface area (TPSA) is 92.9 Å². The van der Waals surface area contributed by atoms with Crippen molar-refractivity contribution in [2.24, 2.45) is 0 Å². The first-order valence-electron chi connectivity index (χ1n) is 8.04. The van der Waals surface area contributed by atoms with Crippen LogP contribution in [0.2, 0.25) is 0 Å². The van der Waals surface area contributed by atoms with Crippen molar-refractivity contribution < 1.29 is 9.21 Å². The number of para-hydroxylation sites is 4. The van der Waals surface area contributed by atoms with Crippen LogP contribution in [0.1, 0.15) is 12.8 Å². The molecular formula is C18H16N4O3. The van der Waals surface area contributed by atoms with Crippen LogP contribution in [0.3, 0.4) is 0 Å². The molecule has 0 atom stereocenters. The number of carbonyl (C=O) groups excluding carboxylic acids is 1. The molecule has 2 aromatic heterocycles. The molecule has 0 saturated heterocycles. The minimum absolute atomic E-state index is 0.153. The fraction of sp³-hybridized carbons (Fsp3) is 0.167. The lowest BCUT2D eigenvalue weighted by Crippen LogP contribution is -2.17. The SMILES string of the molecule is O=C(CCCn1c(=O)oc2ccccc21)Nc1nc2ccccc2[nH]1. The van der Waals surface area contributed by atoms with E-state index in [1.54, 1.807) is 10.6 Å². The molecule has 2 heterocycles. The van der Waals surface area contributed by atoms with E-state index in [0.717, 1.165) is 16.6 Å². The number of benzene rings is 2. The summed E-state index contributed by atoms with van der Waals surface area (Å²) in [6.45, 7) is 0.420. The highest BCUT2D eigenvalue weighted by molar-refractivity contribution is 5.91. The van der Waals surface area contributed by atoms with Gasteiger partial charge in [-0.3, -0.25) is 14.7 Å². The number of aryl methyl sites for hydroxylation is 1. The Balaban J connectivity index is 1.38. The summed E-state index contributed by atoms with van der Waals surface area (Å²) >= 11 is 0. The normalized spacial score (nSPS) is 11.2. The highest BCUT2D eigenvalue weighted by Gasteiger charge is 2.10. The van der Waals surface area contributed by atoms with Crippen LogP contribution in [0.15, 0.2) is 57.7 Å². The molecule has 0 unspecified atom stereocenters. The molecular weight excluding hydrogens is 320 g/mol. The van der Waals surface area contributed by atoms with Crippen molar-refractivity contribution in [2.75, 3.05) is 5.32 Å². The van der Waals surface area contributed by atoms with Crippen molar-refractivity contribution in [1.29, 1.82) is 0 Å². The number of hydrogen-bond acceptors (Lipinski definition) is 4. The molecule has 0 saturated carbocycles. The molecule has 0 fully saturated rings. The largest absolute Gasteiger partial charge is 0.419 e. The third kappa shape index (κ3) is 3.03. The molecule has 0 spiro atoms. The maximum Gasteiger partial charge on any atom is 0.419 e. The minimum Gasteiger partial charge on any atom is -0.408 e. The smallest absolute Gasteiger partial charge is 0.408 e. The molecule has 0 aliphatic rings. The van der Waals surface area contributed by atoms with Crippen LogP contribution in [0, 0.1) is 0 Å². The number of oxazole rings is 1. The van der Waals surface area contributed by atoms with E-state index in [1.165, 1.54) is 0 Å². The summed E-state index contributed by atoms with van der Waals surface area (Å²) in [6, 6.07) is 14.8. The van der Waals surface area contributed by atoms with Gasteiger partial charge in [0.1, 0.15) is 0 Å². The van der Waals surface area contributed by atoms with Gasteiger partial charge >= 0.3 is 5.76 Å². The van der Waals surface area contributed by atoms with E-state index < -0.39 is 5.76 Å². The van der Waals surface area contributed by atoms with E-state index in [9.17, 15) is 9.59 Å². The Labute approximate surface area is 142 Å². The first kappa shape index (κ1) is 15.2. The van der Waals surface area contributed by atoms with Gasteiger partial charge in [0.15, 0.2) is 5.58 Å². The first-order chi connectivity index (χ1) is 12.2. The molecule has 4 aromatic rings. The van der Waals surface area contributed by atoms with Crippen LogP contribution in [0.5, 0.6) is 0 Å². The Hall–Kier alpha value is -3.35. The van der Waals surface area contributed by atoms with Crippen molar-refractivity contribution in [3.05, 3.63) is 59.1 Å². The van der Waals surface area contributed by atoms with E-state index >= 15 is 0 Å². The molecule has 2 aromatic carbocycles. The van der Waals surface area contributed by atoms with Crippen molar-refractivity contribution in [1.82, 2.24) is 14.5 Å². The number of hydrogen-bond donors (Lipinski definition) is 2. The van der Waals surface area contributed by atoms with Crippen LogP contribution in [-0.2, 0) is 11.3 Å². The molecule has 0 radical (unpaired) electrons. The van der Waals surface area contributed by atoms with Gasteiger partial charge in [0.2, 0.25) is 11.9 Å². The number of nitrogens with one attached hydrogen (secondary N) is 2. The molecule has 0 aliphatic carbocycles. The lowest BCUT2D eigenvalue weighted by molar-refractivity contribution is -0.116.